The summed E-state index contributed by atoms with van der Waals surface area (Å²) < 4.78 is 11.0. The van der Waals surface area contributed by atoms with Gasteiger partial charge in [0.1, 0.15) is 5.82 Å². The van der Waals surface area contributed by atoms with Crippen molar-refractivity contribution in [2.75, 3.05) is 24.4 Å². The molecule has 1 amide bonds. The minimum Gasteiger partial charge on any atom is -0.372 e. The molecule has 94 valence electrons. The van der Waals surface area contributed by atoms with Crippen molar-refractivity contribution in [3.05, 3.63) is 17.8 Å². The second kappa shape index (κ2) is 6.29. The number of nitrogens with one attached hydrogen (secondary N) is 2. The number of hydrogen-bond donors (Lipinski definition) is 2. The standard InChI is InChI=1S/C10H16N4O2S/c1-7(6-17(3)16)12-10(15)8-4-5-9(11-2)14-13-8/h4-5,7H,6H2,1-3H3,(H,11,14)(H,12,15). The molecule has 7 heteroatoms. The Bertz CT molecular complexity index is 407. The molecule has 0 fully saturated rings. The van der Waals surface area contributed by atoms with Gasteiger partial charge >= 0.3 is 0 Å². The van der Waals surface area contributed by atoms with Crippen LogP contribution >= 0.6 is 0 Å². The Morgan fingerprint density at radius 1 is 1.47 bits per heavy atom. The van der Waals surface area contributed by atoms with Crippen molar-refractivity contribution in [3.63, 3.8) is 0 Å². The van der Waals surface area contributed by atoms with Crippen LogP contribution in [0.5, 0.6) is 0 Å². The van der Waals surface area contributed by atoms with Gasteiger partial charge in [0.25, 0.3) is 5.91 Å². The molecule has 6 nitrogen and oxygen atoms in total. The lowest BCUT2D eigenvalue weighted by molar-refractivity contribution is 0.0937. The van der Waals surface area contributed by atoms with Crippen molar-refractivity contribution in [1.29, 1.82) is 0 Å². The third kappa shape index (κ3) is 4.48. The molecule has 0 radical (unpaired) electrons. The molecule has 1 aromatic rings. The Labute approximate surface area is 103 Å². The maximum Gasteiger partial charge on any atom is 0.272 e. The van der Waals surface area contributed by atoms with Crippen molar-refractivity contribution in [2.45, 2.75) is 13.0 Å². The smallest absolute Gasteiger partial charge is 0.272 e. The fourth-order valence-corrected chi connectivity index (χ4v) is 2.07. The first-order valence-electron chi connectivity index (χ1n) is 5.15. The summed E-state index contributed by atoms with van der Waals surface area (Å²) in [6, 6.07) is 3.10. The van der Waals surface area contributed by atoms with E-state index in [2.05, 4.69) is 20.8 Å². The number of rotatable bonds is 5. The van der Waals surface area contributed by atoms with E-state index >= 15 is 0 Å². The summed E-state index contributed by atoms with van der Waals surface area (Å²) in [6.45, 7) is 1.80. The topological polar surface area (TPSA) is 84.0 Å². The van der Waals surface area contributed by atoms with E-state index in [-0.39, 0.29) is 17.6 Å². The first-order valence-corrected chi connectivity index (χ1v) is 6.88. The summed E-state index contributed by atoms with van der Waals surface area (Å²) in [7, 11) is 0.790. The number of carbonyl (C=O) groups is 1. The summed E-state index contributed by atoms with van der Waals surface area (Å²) >= 11 is 0. The highest BCUT2D eigenvalue weighted by Crippen LogP contribution is 2.01. The maximum atomic E-state index is 11.7. The molecule has 0 bridgehead atoms. The van der Waals surface area contributed by atoms with Crippen LogP contribution in [0, 0.1) is 0 Å². The second-order valence-corrected chi connectivity index (χ2v) is 5.15. The van der Waals surface area contributed by atoms with Gasteiger partial charge in [-0.15, -0.1) is 10.2 Å². The molecule has 2 unspecified atom stereocenters. The predicted octanol–water partition coefficient (Wildman–Crippen LogP) is 0.0151. The summed E-state index contributed by atoms with van der Waals surface area (Å²) in [6.07, 6.45) is 1.60. The zero-order valence-corrected chi connectivity index (χ0v) is 10.9. The molecule has 0 aliphatic heterocycles. The molecule has 17 heavy (non-hydrogen) atoms. The van der Waals surface area contributed by atoms with Crippen LogP contribution in [0.15, 0.2) is 12.1 Å². The summed E-state index contributed by atoms with van der Waals surface area (Å²) in [5.41, 5.74) is 0.248. The van der Waals surface area contributed by atoms with Crippen molar-refractivity contribution in [2.24, 2.45) is 0 Å². The van der Waals surface area contributed by atoms with E-state index in [1.54, 1.807) is 32.4 Å². The Hall–Kier alpha value is -1.50. The van der Waals surface area contributed by atoms with Gasteiger partial charge in [0, 0.05) is 35.9 Å². The van der Waals surface area contributed by atoms with Gasteiger partial charge in [-0.25, -0.2) is 0 Å². The molecule has 1 aromatic heterocycles. The molecule has 0 aliphatic rings. The van der Waals surface area contributed by atoms with Gasteiger partial charge in [-0.1, -0.05) is 0 Å². The Balaban J connectivity index is 2.60. The van der Waals surface area contributed by atoms with Crippen LogP contribution in [-0.4, -0.2) is 45.4 Å². The van der Waals surface area contributed by atoms with Crippen LogP contribution in [0.4, 0.5) is 5.82 Å². The number of aromatic nitrogens is 2. The molecular weight excluding hydrogens is 240 g/mol. The maximum absolute atomic E-state index is 11.7. The Morgan fingerprint density at radius 2 is 2.18 bits per heavy atom. The fourth-order valence-electron chi connectivity index (χ4n) is 1.28. The highest BCUT2D eigenvalue weighted by molar-refractivity contribution is 7.84. The molecule has 0 saturated carbocycles. The third-order valence-electron chi connectivity index (χ3n) is 2.02. The lowest BCUT2D eigenvalue weighted by atomic mass is 10.3. The highest BCUT2D eigenvalue weighted by atomic mass is 32.2. The van der Waals surface area contributed by atoms with E-state index in [4.69, 9.17) is 0 Å². The van der Waals surface area contributed by atoms with Crippen molar-refractivity contribution in [1.82, 2.24) is 15.5 Å². The third-order valence-corrected chi connectivity index (χ3v) is 2.98. The van der Waals surface area contributed by atoms with Gasteiger partial charge in [0.05, 0.1) is 0 Å². The highest BCUT2D eigenvalue weighted by Gasteiger charge is 2.12. The van der Waals surface area contributed by atoms with E-state index in [0.717, 1.165) is 0 Å². The minimum atomic E-state index is -0.934. The van der Waals surface area contributed by atoms with Gasteiger partial charge < -0.3 is 10.6 Å². The van der Waals surface area contributed by atoms with Gasteiger partial charge in [0.2, 0.25) is 0 Å². The largest absolute Gasteiger partial charge is 0.372 e. The molecule has 2 atom stereocenters. The molecule has 0 spiro atoms. The van der Waals surface area contributed by atoms with Crippen LogP contribution in [0.25, 0.3) is 0 Å². The SMILES string of the molecule is CNc1ccc(C(=O)NC(C)CS(C)=O)nn1. The number of carbonyl (C=O) groups excluding carboxylic acids is 1. The average molecular weight is 256 g/mol. The zero-order valence-electron chi connectivity index (χ0n) is 10.1. The lowest BCUT2D eigenvalue weighted by Gasteiger charge is -2.11. The molecule has 0 aliphatic carbocycles. The average Bonchev–Trinajstić information content (AvgIpc) is 2.28. The van der Waals surface area contributed by atoms with E-state index in [9.17, 15) is 9.00 Å². The first kappa shape index (κ1) is 13.6. The number of anilines is 1. The van der Waals surface area contributed by atoms with Crippen molar-refractivity contribution in [3.8, 4) is 0 Å². The molecule has 0 saturated heterocycles. The minimum absolute atomic E-state index is 0.154. The van der Waals surface area contributed by atoms with Gasteiger partial charge in [-0.3, -0.25) is 9.00 Å². The van der Waals surface area contributed by atoms with E-state index < -0.39 is 10.8 Å². The van der Waals surface area contributed by atoms with E-state index in [1.807, 2.05) is 0 Å². The zero-order chi connectivity index (χ0) is 12.8. The van der Waals surface area contributed by atoms with Crippen LogP contribution in [0.1, 0.15) is 17.4 Å². The fraction of sp³-hybridized carbons (Fsp3) is 0.500. The van der Waals surface area contributed by atoms with Gasteiger partial charge in [-0.2, -0.15) is 0 Å². The number of amides is 1. The Morgan fingerprint density at radius 3 is 2.65 bits per heavy atom. The lowest BCUT2D eigenvalue weighted by Crippen LogP contribution is -2.36. The van der Waals surface area contributed by atoms with Gasteiger partial charge in [-0.05, 0) is 19.1 Å². The van der Waals surface area contributed by atoms with Gasteiger partial charge in [0.15, 0.2) is 5.69 Å². The molecular formula is C10H16N4O2S. The summed E-state index contributed by atoms with van der Waals surface area (Å²) in [4.78, 5) is 11.7. The molecule has 1 rings (SSSR count). The molecule has 0 aromatic carbocycles. The first-order chi connectivity index (χ1) is 8.02. The number of nitrogens with zero attached hydrogens (tertiary/aromatic N) is 2. The van der Waals surface area contributed by atoms with E-state index in [1.165, 1.54) is 0 Å². The second-order valence-electron chi connectivity index (χ2n) is 3.67. The predicted molar refractivity (Wildman–Crippen MR) is 67.4 cm³/mol. The van der Waals surface area contributed by atoms with Crippen molar-refractivity contribution >= 4 is 22.5 Å². The van der Waals surface area contributed by atoms with Crippen LogP contribution in [0.3, 0.4) is 0 Å². The normalized spacial score (nSPS) is 13.8. The van der Waals surface area contributed by atoms with Crippen LogP contribution in [0.2, 0.25) is 0 Å². The van der Waals surface area contributed by atoms with Crippen LogP contribution in [-0.2, 0) is 10.8 Å². The van der Waals surface area contributed by atoms with Crippen LogP contribution < -0.4 is 10.6 Å². The monoisotopic (exact) mass is 256 g/mol. The number of hydrogen-bond acceptors (Lipinski definition) is 5. The molecule has 2 N–H and O–H groups in total. The quantitative estimate of drug-likeness (QED) is 0.775. The van der Waals surface area contributed by atoms with E-state index in [0.29, 0.717) is 11.6 Å². The summed E-state index contributed by atoms with van der Waals surface area (Å²) in [5, 5.41) is 13.1. The van der Waals surface area contributed by atoms with Crippen molar-refractivity contribution < 1.29 is 9.00 Å². The molecule has 1 heterocycles. The Kier molecular flexibility index (Phi) is 5.02. The summed E-state index contributed by atoms with van der Waals surface area (Å²) in [5.74, 6) is 0.718.